The molecule has 0 unspecified atom stereocenters. The van der Waals surface area contributed by atoms with Crippen molar-refractivity contribution in [2.45, 2.75) is 45.2 Å². The van der Waals surface area contributed by atoms with Gasteiger partial charge < -0.3 is 15.4 Å². The summed E-state index contributed by atoms with van der Waals surface area (Å²) in [7, 11) is 1.69. The van der Waals surface area contributed by atoms with Gasteiger partial charge in [0.25, 0.3) is 0 Å². The fourth-order valence-electron chi connectivity index (χ4n) is 2.17. The monoisotopic (exact) mass is 276 g/mol. The number of aryl methyl sites for hydroxylation is 1. The fourth-order valence-corrected chi connectivity index (χ4v) is 2.17. The first-order chi connectivity index (χ1) is 9.69. The SMILES string of the molecule is COc1ccc(C)cc1CNCCCC(=O)NC1CC1. The van der Waals surface area contributed by atoms with Crippen LogP contribution in [-0.2, 0) is 11.3 Å². The Bertz CT molecular complexity index is 456. The first-order valence-corrected chi connectivity index (χ1v) is 7.32. The number of hydrogen-bond acceptors (Lipinski definition) is 3. The molecule has 0 radical (unpaired) electrons. The number of nitrogens with one attached hydrogen (secondary N) is 2. The Hall–Kier alpha value is -1.55. The molecule has 4 heteroatoms. The van der Waals surface area contributed by atoms with Gasteiger partial charge in [0.2, 0.25) is 5.91 Å². The third kappa shape index (κ3) is 4.85. The van der Waals surface area contributed by atoms with Crippen LogP contribution < -0.4 is 15.4 Å². The molecule has 0 aromatic heterocycles. The van der Waals surface area contributed by atoms with Gasteiger partial charge in [-0.3, -0.25) is 4.79 Å². The number of carbonyl (C=O) groups is 1. The number of methoxy groups -OCH3 is 1. The van der Waals surface area contributed by atoms with Gasteiger partial charge in [-0.1, -0.05) is 17.7 Å². The molecule has 0 heterocycles. The zero-order valence-electron chi connectivity index (χ0n) is 12.4. The zero-order valence-corrected chi connectivity index (χ0v) is 12.4. The lowest BCUT2D eigenvalue weighted by Crippen LogP contribution is -2.26. The van der Waals surface area contributed by atoms with Crippen molar-refractivity contribution in [3.05, 3.63) is 29.3 Å². The van der Waals surface area contributed by atoms with Crippen LogP contribution in [0.15, 0.2) is 18.2 Å². The van der Waals surface area contributed by atoms with Crippen LogP contribution in [0.2, 0.25) is 0 Å². The van der Waals surface area contributed by atoms with Gasteiger partial charge in [-0.15, -0.1) is 0 Å². The molecular weight excluding hydrogens is 252 g/mol. The molecule has 2 rings (SSSR count). The fraction of sp³-hybridized carbons (Fsp3) is 0.562. The van der Waals surface area contributed by atoms with E-state index in [4.69, 9.17) is 4.74 Å². The standard InChI is InChI=1S/C16H24N2O2/c1-12-5-8-15(20-2)13(10-12)11-17-9-3-4-16(19)18-14-6-7-14/h5,8,10,14,17H,3-4,6-7,9,11H2,1-2H3,(H,18,19). The molecule has 1 aromatic carbocycles. The molecule has 0 atom stereocenters. The smallest absolute Gasteiger partial charge is 0.220 e. The van der Waals surface area contributed by atoms with E-state index in [1.807, 2.05) is 12.1 Å². The molecule has 20 heavy (non-hydrogen) atoms. The van der Waals surface area contributed by atoms with Gasteiger partial charge in [0, 0.05) is 24.6 Å². The quantitative estimate of drug-likeness (QED) is 0.715. The van der Waals surface area contributed by atoms with Crippen molar-refractivity contribution in [1.82, 2.24) is 10.6 Å². The normalized spacial score (nSPS) is 14.1. The average Bonchev–Trinajstić information content (AvgIpc) is 3.22. The van der Waals surface area contributed by atoms with Crippen LogP contribution in [0, 0.1) is 6.92 Å². The maximum absolute atomic E-state index is 11.5. The highest BCUT2D eigenvalue weighted by atomic mass is 16.5. The van der Waals surface area contributed by atoms with Crippen molar-refractivity contribution < 1.29 is 9.53 Å². The summed E-state index contributed by atoms with van der Waals surface area (Å²) in [5.41, 5.74) is 2.39. The van der Waals surface area contributed by atoms with Crippen LogP contribution >= 0.6 is 0 Å². The summed E-state index contributed by atoms with van der Waals surface area (Å²) >= 11 is 0. The van der Waals surface area contributed by atoms with E-state index in [0.29, 0.717) is 12.5 Å². The first kappa shape index (κ1) is 14.9. The summed E-state index contributed by atoms with van der Waals surface area (Å²) in [6.07, 6.45) is 3.77. The van der Waals surface area contributed by atoms with Crippen LogP contribution in [0.5, 0.6) is 5.75 Å². The van der Waals surface area contributed by atoms with Crippen LogP contribution in [-0.4, -0.2) is 25.6 Å². The van der Waals surface area contributed by atoms with E-state index >= 15 is 0 Å². The largest absolute Gasteiger partial charge is 0.496 e. The number of rotatable bonds is 8. The van der Waals surface area contributed by atoms with E-state index in [0.717, 1.165) is 43.7 Å². The van der Waals surface area contributed by atoms with Crippen LogP contribution in [0.1, 0.15) is 36.8 Å². The van der Waals surface area contributed by atoms with Crippen molar-refractivity contribution in [1.29, 1.82) is 0 Å². The molecule has 0 saturated heterocycles. The third-order valence-electron chi connectivity index (χ3n) is 3.45. The van der Waals surface area contributed by atoms with Gasteiger partial charge in [-0.05, 0) is 38.8 Å². The van der Waals surface area contributed by atoms with Gasteiger partial charge in [0.05, 0.1) is 7.11 Å². The maximum atomic E-state index is 11.5. The van der Waals surface area contributed by atoms with Gasteiger partial charge in [0.15, 0.2) is 0 Å². The minimum atomic E-state index is 0.183. The Balaban J connectivity index is 1.65. The zero-order chi connectivity index (χ0) is 14.4. The second kappa shape index (κ2) is 7.29. The minimum absolute atomic E-state index is 0.183. The Morgan fingerprint density at radius 2 is 2.20 bits per heavy atom. The summed E-state index contributed by atoms with van der Waals surface area (Å²) in [6, 6.07) is 6.64. The number of benzene rings is 1. The minimum Gasteiger partial charge on any atom is -0.496 e. The lowest BCUT2D eigenvalue weighted by Gasteiger charge is -2.10. The Kier molecular flexibility index (Phi) is 5.41. The highest BCUT2D eigenvalue weighted by Crippen LogP contribution is 2.19. The second-order valence-corrected chi connectivity index (χ2v) is 5.44. The molecule has 4 nitrogen and oxygen atoms in total. The van der Waals surface area contributed by atoms with E-state index in [2.05, 4.69) is 23.6 Å². The second-order valence-electron chi connectivity index (χ2n) is 5.44. The van der Waals surface area contributed by atoms with Gasteiger partial charge in [0.1, 0.15) is 5.75 Å². The van der Waals surface area contributed by atoms with Gasteiger partial charge in [-0.25, -0.2) is 0 Å². The van der Waals surface area contributed by atoms with Crippen molar-refractivity contribution in [3.8, 4) is 5.75 Å². The highest BCUT2D eigenvalue weighted by molar-refractivity contribution is 5.76. The van der Waals surface area contributed by atoms with Crippen LogP contribution in [0.25, 0.3) is 0 Å². The molecule has 1 amide bonds. The third-order valence-corrected chi connectivity index (χ3v) is 3.45. The van der Waals surface area contributed by atoms with Gasteiger partial charge in [-0.2, -0.15) is 0 Å². The molecule has 0 aliphatic heterocycles. The van der Waals surface area contributed by atoms with E-state index in [1.165, 1.54) is 5.56 Å². The Labute approximate surface area is 120 Å². The first-order valence-electron chi connectivity index (χ1n) is 7.32. The molecule has 0 bridgehead atoms. The van der Waals surface area contributed by atoms with Crippen molar-refractivity contribution in [2.24, 2.45) is 0 Å². The molecule has 1 aliphatic carbocycles. The molecule has 2 N–H and O–H groups in total. The van der Waals surface area contributed by atoms with Crippen molar-refractivity contribution in [2.75, 3.05) is 13.7 Å². The summed E-state index contributed by atoms with van der Waals surface area (Å²) in [5, 5.41) is 6.37. The summed E-state index contributed by atoms with van der Waals surface area (Å²) in [6.45, 7) is 3.69. The van der Waals surface area contributed by atoms with E-state index < -0.39 is 0 Å². The predicted molar refractivity (Wildman–Crippen MR) is 79.8 cm³/mol. The molecule has 1 fully saturated rings. The summed E-state index contributed by atoms with van der Waals surface area (Å²) in [4.78, 5) is 11.5. The van der Waals surface area contributed by atoms with Crippen LogP contribution in [0.4, 0.5) is 0 Å². The maximum Gasteiger partial charge on any atom is 0.220 e. The number of carbonyl (C=O) groups excluding carboxylic acids is 1. The van der Waals surface area contributed by atoms with E-state index in [1.54, 1.807) is 7.11 Å². The number of amides is 1. The van der Waals surface area contributed by atoms with Crippen molar-refractivity contribution in [3.63, 3.8) is 0 Å². The summed E-state index contributed by atoms with van der Waals surface area (Å²) < 4.78 is 5.34. The molecule has 1 aromatic rings. The van der Waals surface area contributed by atoms with Crippen LogP contribution in [0.3, 0.4) is 0 Å². The molecule has 110 valence electrons. The van der Waals surface area contributed by atoms with E-state index in [9.17, 15) is 4.79 Å². The lowest BCUT2D eigenvalue weighted by molar-refractivity contribution is -0.121. The highest BCUT2D eigenvalue weighted by Gasteiger charge is 2.22. The molecular formula is C16H24N2O2. The Morgan fingerprint density at radius 3 is 2.90 bits per heavy atom. The molecule has 1 aliphatic rings. The topological polar surface area (TPSA) is 50.4 Å². The Morgan fingerprint density at radius 1 is 1.40 bits per heavy atom. The lowest BCUT2D eigenvalue weighted by atomic mass is 10.1. The number of hydrogen-bond donors (Lipinski definition) is 2. The van der Waals surface area contributed by atoms with E-state index in [-0.39, 0.29) is 5.91 Å². The summed E-state index contributed by atoms with van der Waals surface area (Å²) in [5.74, 6) is 1.09. The van der Waals surface area contributed by atoms with Crippen molar-refractivity contribution >= 4 is 5.91 Å². The predicted octanol–water partition coefficient (Wildman–Crippen LogP) is 2.15. The van der Waals surface area contributed by atoms with Gasteiger partial charge >= 0.3 is 0 Å². The average molecular weight is 276 g/mol. The number of ether oxygens (including phenoxy) is 1. The molecule has 0 spiro atoms. The molecule has 1 saturated carbocycles.